The number of piperidine rings is 1. The Morgan fingerprint density at radius 1 is 1.26 bits per heavy atom. The van der Waals surface area contributed by atoms with Gasteiger partial charge in [0.2, 0.25) is 5.91 Å². The Bertz CT molecular complexity index is 1170. The summed E-state index contributed by atoms with van der Waals surface area (Å²) in [6, 6.07) is 10.6. The summed E-state index contributed by atoms with van der Waals surface area (Å²) in [6.45, 7) is 2.21. The minimum atomic E-state index is -0.902. The highest BCUT2D eigenvalue weighted by molar-refractivity contribution is 5.99. The number of nitrogens with one attached hydrogen (secondary N) is 1. The van der Waals surface area contributed by atoms with Crippen molar-refractivity contribution >= 4 is 23.1 Å². The lowest BCUT2D eigenvalue weighted by molar-refractivity contribution is -0.140. The molecule has 9 nitrogen and oxygen atoms in total. The first-order valence-corrected chi connectivity index (χ1v) is 10.4. The van der Waals surface area contributed by atoms with E-state index >= 15 is 0 Å². The van der Waals surface area contributed by atoms with Crippen LogP contribution in [-0.4, -0.2) is 52.6 Å². The average Bonchev–Trinajstić information content (AvgIpc) is 2.73. The monoisotopic (exact) mass is 420 g/mol. The lowest BCUT2D eigenvalue weighted by Crippen LogP contribution is -2.56. The molecule has 0 spiro atoms. The molecular formula is C22H24N6O3. The van der Waals surface area contributed by atoms with Gasteiger partial charge in [-0.2, -0.15) is 0 Å². The number of nitrogens with zero attached hydrogens (tertiary/aromatic N) is 4. The van der Waals surface area contributed by atoms with Crippen molar-refractivity contribution in [2.45, 2.75) is 24.3 Å². The number of rotatable bonds is 4. The second-order valence-electron chi connectivity index (χ2n) is 8.19. The number of carbonyl (C=O) groups excluding carboxylic acids is 1. The number of carbonyl (C=O) groups is 1. The number of ether oxygens (including phenoxy) is 1. The maximum absolute atomic E-state index is 13.2. The Morgan fingerprint density at radius 2 is 2.13 bits per heavy atom. The van der Waals surface area contributed by atoms with Gasteiger partial charge in [0.05, 0.1) is 30.8 Å². The summed E-state index contributed by atoms with van der Waals surface area (Å²) in [6.07, 6.45) is 5.52. The molecule has 3 aromatic heterocycles. The molecule has 1 atom stereocenters. The Kier molecular flexibility index (Phi) is 4.91. The molecule has 160 valence electrons. The maximum atomic E-state index is 13.2. The highest BCUT2D eigenvalue weighted by atomic mass is 16.5. The van der Waals surface area contributed by atoms with E-state index in [0.29, 0.717) is 11.3 Å². The van der Waals surface area contributed by atoms with Crippen molar-refractivity contribution in [3.63, 3.8) is 0 Å². The molecule has 0 saturated carbocycles. The van der Waals surface area contributed by atoms with Crippen molar-refractivity contribution in [1.82, 2.24) is 14.4 Å². The van der Waals surface area contributed by atoms with Gasteiger partial charge in [0.15, 0.2) is 0 Å². The van der Waals surface area contributed by atoms with Gasteiger partial charge in [-0.05, 0) is 37.1 Å². The molecule has 0 unspecified atom stereocenters. The van der Waals surface area contributed by atoms with Crippen LogP contribution in [0.3, 0.4) is 0 Å². The third-order valence-electron chi connectivity index (χ3n) is 6.01. The van der Waals surface area contributed by atoms with Crippen molar-refractivity contribution in [2.24, 2.45) is 5.73 Å². The first-order chi connectivity index (χ1) is 15.0. The summed E-state index contributed by atoms with van der Waals surface area (Å²) in [5.74, 6) is -0.0717. The molecule has 2 fully saturated rings. The fourth-order valence-electron chi connectivity index (χ4n) is 4.16. The van der Waals surface area contributed by atoms with Gasteiger partial charge in [0.1, 0.15) is 16.9 Å². The van der Waals surface area contributed by atoms with Crippen LogP contribution in [0.4, 0.5) is 11.5 Å². The molecule has 5 rings (SSSR count). The number of nitrogens with two attached hydrogens (primary N) is 1. The van der Waals surface area contributed by atoms with Gasteiger partial charge in [-0.25, -0.2) is 4.98 Å². The quantitative estimate of drug-likeness (QED) is 0.645. The van der Waals surface area contributed by atoms with Gasteiger partial charge in [-0.15, -0.1) is 0 Å². The fraction of sp³-hybridized carbons (Fsp3) is 0.364. The van der Waals surface area contributed by atoms with Crippen LogP contribution >= 0.6 is 0 Å². The van der Waals surface area contributed by atoms with Crippen molar-refractivity contribution in [1.29, 1.82) is 0 Å². The molecule has 1 amide bonds. The van der Waals surface area contributed by atoms with Crippen LogP contribution in [0.15, 0.2) is 53.6 Å². The molecule has 2 aliphatic heterocycles. The SMILES string of the molecule is N[C@@H]1CCCN(c2ccc(C3(C(=O)Nc4cc(=O)n5ccccc5n4)COC3)nc2)C1. The van der Waals surface area contributed by atoms with E-state index < -0.39 is 5.41 Å². The smallest absolute Gasteiger partial charge is 0.259 e. The number of fused-ring (bicyclic) bond motifs is 1. The van der Waals surface area contributed by atoms with Crippen LogP contribution in [0, 0.1) is 0 Å². The predicted octanol–water partition coefficient (Wildman–Crippen LogP) is 0.924. The van der Waals surface area contributed by atoms with Crippen molar-refractivity contribution in [3.05, 3.63) is 64.8 Å². The fourth-order valence-corrected chi connectivity index (χ4v) is 4.16. The van der Waals surface area contributed by atoms with E-state index in [9.17, 15) is 9.59 Å². The number of hydrogen-bond donors (Lipinski definition) is 2. The number of hydrogen-bond acceptors (Lipinski definition) is 7. The zero-order valence-electron chi connectivity index (χ0n) is 17.0. The zero-order valence-corrected chi connectivity index (χ0v) is 17.0. The van der Waals surface area contributed by atoms with Crippen LogP contribution in [-0.2, 0) is 14.9 Å². The Morgan fingerprint density at radius 3 is 2.84 bits per heavy atom. The Hall–Kier alpha value is -3.30. The normalized spacial score (nSPS) is 20.3. The molecule has 9 heteroatoms. The molecule has 5 heterocycles. The van der Waals surface area contributed by atoms with Crippen LogP contribution in [0.2, 0.25) is 0 Å². The van der Waals surface area contributed by atoms with Crippen molar-refractivity contribution in [2.75, 3.05) is 36.5 Å². The molecule has 3 aromatic rings. The van der Waals surface area contributed by atoms with Crippen LogP contribution in [0.1, 0.15) is 18.5 Å². The number of aromatic nitrogens is 3. The minimum Gasteiger partial charge on any atom is -0.378 e. The summed E-state index contributed by atoms with van der Waals surface area (Å²) in [7, 11) is 0. The van der Waals surface area contributed by atoms with E-state index in [1.165, 1.54) is 10.5 Å². The third kappa shape index (κ3) is 3.55. The van der Waals surface area contributed by atoms with Gasteiger partial charge in [-0.1, -0.05) is 6.07 Å². The number of anilines is 2. The van der Waals surface area contributed by atoms with Gasteiger partial charge in [0, 0.05) is 31.4 Å². The molecule has 0 aromatic carbocycles. The molecule has 0 bridgehead atoms. The van der Waals surface area contributed by atoms with Crippen LogP contribution in [0.5, 0.6) is 0 Å². The Labute approximate surface area is 178 Å². The van der Waals surface area contributed by atoms with Crippen LogP contribution < -0.4 is 21.5 Å². The largest absolute Gasteiger partial charge is 0.378 e. The van der Waals surface area contributed by atoms with Crippen molar-refractivity contribution < 1.29 is 9.53 Å². The standard InChI is InChI=1S/C22H24N6O3/c23-15-4-3-8-27(12-15)16-6-7-17(24-11-16)22(13-31-14-22)21(30)26-18-10-20(29)28-9-2-1-5-19(28)25-18/h1-2,5-7,9-11,15H,3-4,8,12-14,23H2,(H,26,30)/t15-/m1/s1. The molecule has 2 aliphatic rings. The molecule has 31 heavy (non-hydrogen) atoms. The highest BCUT2D eigenvalue weighted by Crippen LogP contribution is 2.33. The van der Waals surface area contributed by atoms with Crippen molar-refractivity contribution in [3.8, 4) is 0 Å². The third-order valence-corrected chi connectivity index (χ3v) is 6.01. The first kappa shape index (κ1) is 19.7. The molecular weight excluding hydrogens is 396 g/mol. The topological polar surface area (TPSA) is 115 Å². The molecule has 0 aliphatic carbocycles. The van der Waals surface area contributed by atoms with E-state index in [1.807, 2.05) is 12.1 Å². The van der Waals surface area contributed by atoms with Gasteiger partial charge in [0.25, 0.3) is 5.56 Å². The molecule has 0 radical (unpaired) electrons. The van der Waals surface area contributed by atoms with E-state index in [1.54, 1.807) is 30.6 Å². The van der Waals surface area contributed by atoms with Gasteiger partial charge in [-0.3, -0.25) is 19.0 Å². The zero-order chi connectivity index (χ0) is 21.4. The highest BCUT2D eigenvalue weighted by Gasteiger charge is 2.49. The van der Waals surface area contributed by atoms with E-state index in [2.05, 4.69) is 20.2 Å². The summed E-state index contributed by atoms with van der Waals surface area (Å²) in [5.41, 5.74) is 7.03. The molecule has 2 saturated heterocycles. The minimum absolute atomic E-state index is 0.170. The van der Waals surface area contributed by atoms with Gasteiger partial charge < -0.3 is 20.7 Å². The van der Waals surface area contributed by atoms with Crippen LogP contribution in [0.25, 0.3) is 5.65 Å². The van der Waals surface area contributed by atoms with E-state index in [-0.39, 0.29) is 36.5 Å². The lowest BCUT2D eigenvalue weighted by atomic mass is 9.81. The predicted molar refractivity (Wildman–Crippen MR) is 116 cm³/mol. The number of pyridine rings is 2. The van der Waals surface area contributed by atoms with E-state index in [0.717, 1.165) is 31.6 Å². The second kappa shape index (κ2) is 7.75. The summed E-state index contributed by atoms with van der Waals surface area (Å²) >= 11 is 0. The van der Waals surface area contributed by atoms with E-state index in [4.69, 9.17) is 10.5 Å². The summed E-state index contributed by atoms with van der Waals surface area (Å²) < 4.78 is 6.81. The number of amides is 1. The maximum Gasteiger partial charge on any atom is 0.259 e. The summed E-state index contributed by atoms with van der Waals surface area (Å²) in [4.78, 5) is 36.7. The average molecular weight is 420 g/mol. The van der Waals surface area contributed by atoms with Gasteiger partial charge >= 0.3 is 0 Å². The molecule has 3 N–H and O–H groups in total. The summed E-state index contributed by atoms with van der Waals surface area (Å²) in [5, 5.41) is 2.79. The second-order valence-corrected chi connectivity index (χ2v) is 8.19. The lowest BCUT2D eigenvalue weighted by Gasteiger charge is -2.39. The Balaban J connectivity index is 1.38. The first-order valence-electron chi connectivity index (χ1n) is 10.4.